The molecule has 0 saturated carbocycles. The summed E-state index contributed by atoms with van der Waals surface area (Å²) in [6.07, 6.45) is 0.323. The van der Waals surface area contributed by atoms with Gasteiger partial charge >= 0.3 is 0 Å². The molecule has 1 unspecified atom stereocenters. The van der Waals surface area contributed by atoms with Crippen molar-refractivity contribution in [2.45, 2.75) is 13.0 Å². The van der Waals surface area contributed by atoms with Gasteiger partial charge in [-0.05, 0) is 6.92 Å². The van der Waals surface area contributed by atoms with E-state index in [1.807, 2.05) is 0 Å². The molecule has 0 N–H and O–H groups in total. The van der Waals surface area contributed by atoms with Crippen molar-refractivity contribution in [3.05, 3.63) is 12.7 Å². The first kappa shape index (κ1) is 9.82. The highest BCUT2D eigenvalue weighted by atomic mass is 17.2. The minimum atomic E-state index is -1.13. The SMILES string of the molecule is C=CCOOC(C#N)C(C)=O. The summed E-state index contributed by atoms with van der Waals surface area (Å²) in [4.78, 5) is 19.4. The van der Waals surface area contributed by atoms with Crippen LogP contribution in [0.4, 0.5) is 0 Å². The second-order valence-electron chi connectivity index (χ2n) is 1.79. The van der Waals surface area contributed by atoms with Gasteiger partial charge in [0.05, 0.1) is 0 Å². The van der Waals surface area contributed by atoms with E-state index in [1.165, 1.54) is 13.0 Å². The lowest BCUT2D eigenvalue weighted by molar-refractivity contribution is -0.297. The van der Waals surface area contributed by atoms with Gasteiger partial charge in [0, 0.05) is 0 Å². The van der Waals surface area contributed by atoms with Crippen molar-refractivity contribution < 1.29 is 14.6 Å². The van der Waals surface area contributed by atoms with Crippen LogP contribution in [0.1, 0.15) is 6.92 Å². The Bertz CT molecular complexity index is 183. The van der Waals surface area contributed by atoms with Crippen molar-refractivity contribution in [1.29, 1.82) is 5.26 Å². The lowest BCUT2D eigenvalue weighted by atomic mass is 10.3. The average Bonchev–Trinajstić information content (AvgIpc) is 1.97. The van der Waals surface area contributed by atoms with Crippen LogP contribution in [0.3, 0.4) is 0 Å². The van der Waals surface area contributed by atoms with E-state index in [1.54, 1.807) is 6.07 Å². The number of nitriles is 1. The summed E-state index contributed by atoms with van der Waals surface area (Å²) in [5.74, 6) is -0.378. The van der Waals surface area contributed by atoms with Gasteiger partial charge in [-0.25, -0.2) is 9.78 Å². The molecule has 60 valence electrons. The van der Waals surface area contributed by atoms with Crippen LogP contribution in [0.25, 0.3) is 0 Å². The Morgan fingerprint density at radius 1 is 1.91 bits per heavy atom. The van der Waals surface area contributed by atoms with Crippen molar-refractivity contribution in [2.24, 2.45) is 0 Å². The molecule has 4 heteroatoms. The van der Waals surface area contributed by atoms with E-state index in [9.17, 15) is 4.79 Å². The van der Waals surface area contributed by atoms with Gasteiger partial charge < -0.3 is 0 Å². The van der Waals surface area contributed by atoms with Crippen LogP contribution >= 0.6 is 0 Å². The summed E-state index contributed by atoms with van der Waals surface area (Å²) < 4.78 is 0. The molecule has 4 nitrogen and oxygen atoms in total. The number of ketones is 1. The Labute approximate surface area is 64.9 Å². The lowest BCUT2D eigenvalue weighted by Crippen LogP contribution is -2.19. The van der Waals surface area contributed by atoms with E-state index in [0.29, 0.717) is 0 Å². The molecule has 0 heterocycles. The largest absolute Gasteiger partial charge is 0.296 e. The van der Waals surface area contributed by atoms with Crippen molar-refractivity contribution in [3.63, 3.8) is 0 Å². The first-order chi connectivity index (χ1) is 5.22. The molecule has 0 fully saturated rings. The van der Waals surface area contributed by atoms with Crippen molar-refractivity contribution >= 4 is 5.78 Å². The van der Waals surface area contributed by atoms with Gasteiger partial charge in [-0.3, -0.25) is 4.79 Å². The molecular weight excluding hydrogens is 146 g/mol. The fourth-order valence-electron chi connectivity index (χ4n) is 0.336. The molecule has 0 aromatic heterocycles. The maximum absolute atomic E-state index is 10.5. The minimum Gasteiger partial charge on any atom is -0.296 e. The molecule has 0 saturated heterocycles. The van der Waals surface area contributed by atoms with Gasteiger partial charge in [0.1, 0.15) is 12.7 Å². The van der Waals surface area contributed by atoms with Crippen LogP contribution in [0.5, 0.6) is 0 Å². The maximum atomic E-state index is 10.5. The van der Waals surface area contributed by atoms with Crippen LogP contribution < -0.4 is 0 Å². The van der Waals surface area contributed by atoms with Gasteiger partial charge in [-0.2, -0.15) is 5.26 Å². The number of carbonyl (C=O) groups excluding carboxylic acids is 1. The number of Topliss-reactive ketones (excluding diaryl/α,β-unsaturated/α-hetero) is 1. The van der Waals surface area contributed by atoms with E-state index in [0.717, 1.165) is 0 Å². The standard InChI is InChI=1S/C7H9NO3/c1-3-4-10-11-7(5-8)6(2)9/h3,7H,1,4H2,2H3. The summed E-state index contributed by atoms with van der Waals surface area (Å²) >= 11 is 0. The predicted octanol–water partition coefficient (Wildman–Crippen LogP) is 0.602. The second-order valence-corrected chi connectivity index (χ2v) is 1.79. The van der Waals surface area contributed by atoms with Crippen molar-refractivity contribution in [3.8, 4) is 6.07 Å². The van der Waals surface area contributed by atoms with E-state index >= 15 is 0 Å². The molecule has 0 aliphatic rings. The van der Waals surface area contributed by atoms with Crippen LogP contribution in [-0.4, -0.2) is 18.5 Å². The van der Waals surface area contributed by atoms with Gasteiger partial charge in [-0.15, -0.1) is 6.58 Å². The second kappa shape index (κ2) is 5.59. The normalized spacial score (nSPS) is 11.6. The molecule has 11 heavy (non-hydrogen) atoms. The summed E-state index contributed by atoms with van der Waals surface area (Å²) in [7, 11) is 0. The molecule has 1 atom stereocenters. The summed E-state index contributed by atoms with van der Waals surface area (Å²) in [6.45, 7) is 4.77. The van der Waals surface area contributed by atoms with Crippen LogP contribution in [0.2, 0.25) is 0 Å². The molecule has 0 aliphatic heterocycles. The highest BCUT2D eigenvalue weighted by Crippen LogP contribution is 1.92. The smallest absolute Gasteiger partial charge is 0.236 e. The van der Waals surface area contributed by atoms with Crippen LogP contribution in [-0.2, 0) is 14.6 Å². The van der Waals surface area contributed by atoms with Gasteiger partial charge in [0.25, 0.3) is 0 Å². The third kappa shape index (κ3) is 4.25. The predicted molar refractivity (Wildman–Crippen MR) is 37.3 cm³/mol. The minimum absolute atomic E-state index is 0.158. The van der Waals surface area contributed by atoms with Crippen molar-refractivity contribution in [2.75, 3.05) is 6.61 Å². The summed E-state index contributed by atoms with van der Waals surface area (Å²) in [6, 6.07) is 1.63. The van der Waals surface area contributed by atoms with Gasteiger partial charge in [-0.1, -0.05) is 6.08 Å². The third-order valence-corrected chi connectivity index (χ3v) is 0.837. The summed E-state index contributed by atoms with van der Waals surface area (Å²) in [5.41, 5.74) is 0. The zero-order valence-electron chi connectivity index (χ0n) is 6.24. The molecule has 0 aromatic carbocycles. The number of rotatable bonds is 5. The zero-order valence-corrected chi connectivity index (χ0v) is 6.24. The molecule has 0 bridgehead atoms. The fourth-order valence-corrected chi connectivity index (χ4v) is 0.336. The highest BCUT2D eigenvalue weighted by molar-refractivity contribution is 5.82. The Morgan fingerprint density at radius 3 is 2.91 bits per heavy atom. The van der Waals surface area contributed by atoms with E-state index in [-0.39, 0.29) is 12.4 Å². The Balaban J connectivity index is 3.63. The molecule has 0 aliphatic carbocycles. The number of hydrogen-bond acceptors (Lipinski definition) is 4. The van der Waals surface area contributed by atoms with Gasteiger partial charge in [0.15, 0.2) is 5.78 Å². The fraction of sp³-hybridized carbons (Fsp3) is 0.429. The molecular formula is C7H9NO3. The quantitative estimate of drug-likeness (QED) is 0.252. The van der Waals surface area contributed by atoms with E-state index < -0.39 is 6.10 Å². The molecule has 0 rings (SSSR count). The molecule has 0 amide bonds. The Kier molecular flexibility index (Phi) is 4.99. The van der Waals surface area contributed by atoms with Crippen molar-refractivity contribution in [1.82, 2.24) is 0 Å². The molecule has 0 aromatic rings. The highest BCUT2D eigenvalue weighted by Gasteiger charge is 2.13. The van der Waals surface area contributed by atoms with Gasteiger partial charge in [0.2, 0.25) is 6.10 Å². The topological polar surface area (TPSA) is 59.3 Å². The van der Waals surface area contributed by atoms with Crippen LogP contribution in [0.15, 0.2) is 12.7 Å². The monoisotopic (exact) mass is 155 g/mol. The number of carbonyl (C=O) groups is 1. The first-order valence-corrected chi connectivity index (χ1v) is 3.01. The van der Waals surface area contributed by atoms with E-state index in [4.69, 9.17) is 5.26 Å². The maximum Gasteiger partial charge on any atom is 0.236 e. The number of nitrogens with zero attached hydrogens (tertiary/aromatic N) is 1. The average molecular weight is 155 g/mol. The summed E-state index contributed by atoms with van der Waals surface area (Å²) in [5, 5.41) is 8.29. The van der Waals surface area contributed by atoms with E-state index in [2.05, 4.69) is 16.4 Å². The molecule has 0 radical (unpaired) electrons. The first-order valence-electron chi connectivity index (χ1n) is 3.01. The Hall–Kier alpha value is -1.18. The van der Waals surface area contributed by atoms with Crippen LogP contribution in [0, 0.1) is 11.3 Å². The zero-order chi connectivity index (χ0) is 8.69. The third-order valence-electron chi connectivity index (χ3n) is 0.837. The number of hydrogen-bond donors (Lipinski definition) is 0. The lowest BCUT2D eigenvalue weighted by Gasteiger charge is -2.03. The Morgan fingerprint density at radius 2 is 2.55 bits per heavy atom. The molecule has 0 spiro atoms.